The van der Waals surface area contributed by atoms with Crippen molar-refractivity contribution in [3.05, 3.63) is 35.4 Å². The van der Waals surface area contributed by atoms with Gasteiger partial charge in [-0.25, -0.2) is 0 Å². The topological polar surface area (TPSA) is 0 Å². The van der Waals surface area contributed by atoms with Crippen molar-refractivity contribution in [2.75, 3.05) is 0 Å². The van der Waals surface area contributed by atoms with E-state index in [4.69, 9.17) is 11.6 Å². The molecular weight excluding hydrogens is 310 g/mol. The Kier molecular flexibility index (Phi) is 6.15. The van der Waals surface area contributed by atoms with E-state index in [1.807, 2.05) is 12.1 Å². The van der Waals surface area contributed by atoms with Crippen molar-refractivity contribution in [1.29, 1.82) is 0 Å². The molecule has 2 heteroatoms. The average Bonchev–Trinajstić information content (AvgIpc) is 1.94. The Hall–Kier alpha value is 0.0164. The number of benzene rings is 1. The van der Waals surface area contributed by atoms with Crippen molar-refractivity contribution in [3.8, 4) is 0 Å². The van der Waals surface area contributed by atoms with E-state index in [1.165, 1.54) is 0 Å². The molecule has 0 heterocycles. The van der Waals surface area contributed by atoms with Gasteiger partial charge in [0.05, 0.1) is 0 Å². The Morgan fingerprint density at radius 1 is 1.44 bits per heavy atom. The summed E-state index contributed by atoms with van der Waals surface area (Å²) in [6.07, 6.45) is 0. The molecule has 0 radical (unpaired) electrons. The zero-order chi connectivity index (χ0) is 7.11. The summed E-state index contributed by atoms with van der Waals surface area (Å²) in [6.45, 7) is 0. The third-order valence-corrected chi connectivity index (χ3v) is 0.906. The number of hydrogen-bond donors (Lipinski definition) is 0. The molecule has 0 aliphatic rings. The fourth-order valence-corrected chi connectivity index (χ4v) is 0.507. The molecule has 0 N–H and O–H groups in total. The monoisotopic (exact) mass is 317 g/mol. The van der Waals surface area contributed by atoms with Gasteiger partial charge in [0.2, 0.25) is 0 Å². The van der Waals surface area contributed by atoms with Gasteiger partial charge in [0.25, 0.3) is 0 Å². The van der Waals surface area contributed by atoms with Crippen LogP contribution >= 0.6 is 11.6 Å². The van der Waals surface area contributed by atoms with Gasteiger partial charge in [-0.2, -0.15) is 30.3 Å². The fourth-order valence-electron chi connectivity index (χ4n) is 0.371. The van der Waals surface area contributed by atoms with Crippen molar-refractivity contribution >= 4 is 16.7 Å². The van der Waals surface area contributed by atoms with Gasteiger partial charge in [-0.3, -0.25) is 0 Å². The van der Waals surface area contributed by atoms with Gasteiger partial charge in [-0.1, -0.05) is 5.02 Å². The molecule has 1 aromatic carbocycles. The Morgan fingerprint density at radius 3 is 2.33 bits per heavy atom. The molecule has 0 atom stereocenters. The predicted octanol–water partition coefficient (Wildman–Crippen LogP) is 2.11. The molecule has 0 aromatic heterocycles. The molecule has 1 aromatic rings. The molecule has 0 aliphatic heterocycles. The van der Waals surface area contributed by atoms with Gasteiger partial charge in [0.15, 0.2) is 0 Å². The summed E-state index contributed by atoms with van der Waals surface area (Å²) in [7, 11) is 0. The molecule has 0 fully saturated rings. The quantitative estimate of drug-likeness (QED) is 0.643. The van der Waals surface area contributed by atoms with Crippen molar-refractivity contribution in [1.82, 2.24) is 0 Å². The van der Waals surface area contributed by atoms with E-state index in [1.54, 1.807) is 30.3 Å². The number of rotatable bonds is 0. The molecule has 0 bridgehead atoms. The first-order valence-electron chi connectivity index (χ1n) is 2.27. The first-order valence-corrected chi connectivity index (χ1v) is 4.44. The van der Waals surface area contributed by atoms with Gasteiger partial charge in [0, 0.05) is 0 Å². The second-order valence-corrected chi connectivity index (χ2v) is 1.62. The van der Waals surface area contributed by atoms with Gasteiger partial charge < -0.3 is 0 Å². The third-order valence-electron chi connectivity index (χ3n) is 0.671. The molecule has 0 nitrogen and oxygen atoms in total. The Morgan fingerprint density at radius 2 is 2.11 bits per heavy atom. The van der Waals surface area contributed by atoms with E-state index in [-0.39, 0.29) is 0 Å². The molecule has 0 saturated carbocycles. The molecule has 0 saturated heterocycles. The summed E-state index contributed by atoms with van der Waals surface area (Å²) in [6, 6.07) is 10.1. The Bertz CT molecular complexity index is 150. The van der Waals surface area contributed by atoms with Crippen molar-refractivity contribution in [3.63, 3.8) is 0 Å². The number of hydrogen-bond acceptors (Lipinski definition) is 0. The molecular formula is C7H6ClOs-. The Labute approximate surface area is 70.3 Å². The predicted molar refractivity (Wildman–Crippen MR) is 37.4 cm³/mol. The first kappa shape index (κ1) is 9.02. The molecule has 0 aliphatic carbocycles. The van der Waals surface area contributed by atoms with Crippen LogP contribution in [0.2, 0.25) is 5.02 Å². The summed E-state index contributed by atoms with van der Waals surface area (Å²) < 4.78 is 0. The summed E-state index contributed by atoms with van der Waals surface area (Å²) in [4.78, 5) is 0. The summed E-state index contributed by atoms with van der Waals surface area (Å²) in [5, 5.41) is 3.95. The van der Waals surface area contributed by atoms with Crippen LogP contribution in [0.15, 0.2) is 24.3 Å². The van der Waals surface area contributed by atoms with E-state index in [2.05, 4.69) is 11.1 Å². The second kappa shape index (κ2) is 6.14. The van der Waals surface area contributed by atoms with Gasteiger partial charge in [-0.15, -0.1) is 11.6 Å². The maximum absolute atomic E-state index is 5.48. The van der Waals surface area contributed by atoms with Crippen LogP contribution in [0.1, 0.15) is 0 Å². The average molecular weight is 316 g/mol. The van der Waals surface area contributed by atoms with Crippen LogP contribution in [-0.2, 0) is 18.1 Å². The molecule has 0 amide bonds. The summed E-state index contributed by atoms with van der Waals surface area (Å²) in [5.74, 6) is 0. The van der Waals surface area contributed by atoms with Crippen LogP contribution in [-0.4, -0.2) is 5.07 Å². The second-order valence-electron chi connectivity index (χ2n) is 1.21. The molecule has 0 unspecified atom stereocenters. The minimum absolute atomic E-state index is 0.669. The van der Waals surface area contributed by atoms with Gasteiger partial charge in [0.1, 0.15) is 0 Å². The van der Waals surface area contributed by atoms with Crippen LogP contribution in [0, 0.1) is 6.07 Å². The van der Waals surface area contributed by atoms with Crippen LogP contribution in [0.4, 0.5) is 0 Å². The van der Waals surface area contributed by atoms with Crippen molar-refractivity contribution in [2.45, 2.75) is 0 Å². The molecule has 50 valence electrons. The maximum atomic E-state index is 5.48. The summed E-state index contributed by atoms with van der Waals surface area (Å²) in [5.41, 5.74) is 0. The SMILES string of the molecule is Clc1[c-]cccc1.[CH2]=[Os]. The fraction of sp³-hybridized carbons (Fsp3) is 0. The minimum atomic E-state index is 0.669. The standard InChI is InChI=1S/C6H4Cl.CH2.Os/c7-6-4-2-1-3-5-6;;/h1-4H;1H2;/q-1;;. The normalized spacial score (nSPS) is 7.33. The van der Waals surface area contributed by atoms with E-state index in [0.717, 1.165) is 0 Å². The van der Waals surface area contributed by atoms with Gasteiger partial charge >= 0.3 is 23.2 Å². The molecule has 0 spiro atoms. The zero-order valence-electron chi connectivity index (χ0n) is 4.75. The van der Waals surface area contributed by atoms with E-state index < -0.39 is 0 Å². The zero-order valence-corrected chi connectivity index (χ0v) is 8.04. The van der Waals surface area contributed by atoms with Crippen LogP contribution in [0.5, 0.6) is 0 Å². The summed E-state index contributed by atoms with van der Waals surface area (Å²) >= 11 is 7.10. The van der Waals surface area contributed by atoms with Crippen LogP contribution in [0.3, 0.4) is 0 Å². The van der Waals surface area contributed by atoms with E-state index in [0.29, 0.717) is 5.02 Å². The van der Waals surface area contributed by atoms with Crippen molar-refractivity contribution < 1.29 is 18.1 Å². The van der Waals surface area contributed by atoms with Crippen LogP contribution in [0.25, 0.3) is 0 Å². The van der Waals surface area contributed by atoms with Gasteiger partial charge in [-0.05, 0) is 0 Å². The molecule has 1 rings (SSSR count). The van der Waals surface area contributed by atoms with E-state index in [9.17, 15) is 0 Å². The first-order chi connectivity index (χ1) is 4.39. The van der Waals surface area contributed by atoms with Crippen LogP contribution < -0.4 is 0 Å². The third kappa shape index (κ3) is 4.52. The van der Waals surface area contributed by atoms with E-state index >= 15 is 0 Å². The molecule has 9 heavy (non-hydrogen) atoms. The number of halogens is 1. The Balaban J connectivity index is 0.000000291. The van der Waals surface area contributed by atoms with Crippen molar-refractivity contribution in [2.24, 2.45) is 0 Å².